The van der Waals surface area contributed by atoms with Crippen LogP contribution in [0.25, 0.3) is 0 Å². The number of piperidine rings is 1. The first kappa shape index (κ1) is 18.3. The van der Waals surface area contributed by atoms with Crippen molar-refractivity contribution in [3.8, 4) is 0 Å². The number of rotatable bonds is 5. The molecule has 0 radical (unpaired) electrons. The molecule has 0 aromatic rings. The average Bonchev–Trinajstić information content (AvgIpc) is 2.37. The van der Waals surface area contributed by atoms with Gasteiger partial charge in [-0.05, 0) is 51.9 Å². The highest BCUT2D eigenvalue weighted by Gasteiger charge is 2.30. The summed E-state index contributed by atoms with van der Waals surface area (Å²) in [5.74, 6) is 0. The first-order chi connectivity index (χ1) is 9.64. The predicted molar refractivity (Wildman–Crippen MR) is 87.5 cm³/mol. The molecule has 0 spiro atoms. The number of hydrogen-bond donors (Lipinski definition) is 1. The number of amides is 1. The summed E-state index contributed by atoms with van der Waals surface area (Å²) in [6.45, 7) is 15.2. The van der Waals surface area contributed by atoms with E-state index in [1.165, 1.54) is 6.42 Å². The lowest BCUT2D eigenvalue weighted by Crippen LogP contribution is -2.50. The van der Waals surface area contributed by atoms with Gasteiger partial charge in [0.25, 0.3) is 0 Å². The second-order valence-corrected chi connectivity index (χ2v) is 7.97. The summed E-state index contributed by atoms with van der Waals surface area (Å²) >= 11 is 0. The van der Waals surface area contributed by atoms with Crippen molar-refractivity contribution in [1.29, 1.82) is 0 Å². The molecule has 1 unspecified atom stereocenters. The van der Waals surface area contributed by atoms with Crippen LogP contribution in [0.15, 0.2) is 0 Å². The number of ether oxygens (including phenoxy) is 1. The zero-order valence-corrected chi connectivity index (χ0v) is 14.8. The molecule has 0 aliphatic carbocycles. The molecule has 1 fully saturated rings. The molecule has 1 aliphatic heterocycles. The Labute approximate surface area is 130 Å². The number of nitrogens with zero attached hydrogens (tertiary/aromatic N) is 1. The second kappa shape index (κ2) is 7.48. The minimum absolute atomic E-state index is 0.163. The first-order valence-electron chi connectivity index (χ1n) is 8.35. The SMILES string of the molecule is CCC(C)(C)CNCC1CCCCN1C(=O)OC(C)(C)C. The van der Waals surface area contributed by atoms with Crippen molar-refractivity contribution in [3.05, 3.63) is 0 Å². The summed E-state index contributed by atoms with van der Waals surface area (Å²) < 4.78 is 5.54. The highest BCUT2D eigenvalue weighted by Crippen LogP contribution is 2.21. The summed E-state index contributed by atoms with van der Waals surface area (Å²) in [5.41, 5.74) is -0.109. The van der Waals surface area contributed by atoms with Gasteiger partial charge in [-0.15, -0.1) is 0 Å². The van der Waals surface area contributed by atoms with Gasteiger partial charge in [0.05, 0.1) is 0 Å². The van der Waals surface area contributed by atoms with Crippen LogP contribution in [0.2, 0.25) is 0 Å². The Bertz CT molecular complexity index is 334. The van der Waals surface area contributed by atoms with Crippen LogP contribution in [0.3, 0.4) is 0 Å². The lowest BCUT2D eigenvalue weighted by Gasteiger charge is -2.37. The maximum Gasteiger partial charge on any atom is 0.410 e. The molecule has 1 saturated heterocycles. The highest BCUT2D eigenvalue weighted by atomic mass is 16.6. The number of carbonyl (C=O) groups excluding carboxylic acids is 1. The Kier molecular flexibility index (Phi) is 6.51. The Balaban J connectivity index is 2.51. The van der Waals surface area contributed by atoms with Gasteiger partial charge in [0.15, 0.2) is 0 Å². The van der Waals surface area contributed by atoms with Gasteiger partial charge < -0.3 is 15.0 Å². The van der Waals surface area contributed by atoms with Gasteiger partial charge in [0.2, 0.25) is 0 Å². The van der Waals surface area contributed by atoms with Gasteiger partial charge in [0, 0.05) is 25.7 Å². The maximum atomic E-state index is 12.3. The zero-order chi connectivity index (χ0) is 16.1. The molecule has 0 aromatic heterocycles. The van der Waals surface area contributed by atoms with Crippen molar-refractivity contribution in [2.45, 2.75) is 78.9 Å². The fourth-order valence-corrected chi connectivity index (χ4v) is 2.48. The summed E-state index contributed by atoms with van der Waals surface area (Å²) in [5, 5.41) is 3.54. The number of likely N-dealkylation sites (tertiary alicyclic amines) is 1. The average molecular weight is 298 g/mol. The van der Waals surface area contributed by atoms with E-state index in [2.05, 4.69) is 26.1 Å². The largest absolute Gasteiger partial charge is 0.444 e. The van der Waals surface area contributed by atoms with Crippen LogP contribution in [0.4, 0.5) is 4.79 Å². The maximum absolute atomic E-state index is 12.3. The summed E-state index contributed by atoms with van der Waals surface area (Å²) in [6.07, 6.45) is 4.34. The number of carbonyl (C=O) groups is 1. The third-order valence-electron chi connectivity index (χ3n) is 4.20. The minimum Gasteiger partial charge on any atom is -0.444 e. The van der Waals surface area contributed by atoms with Crippen LogP contribution in [0.1, 0.15) is 67.2 Å². The molecule has 1 heterocycles. The van der Waals surface area contributed by atoms with E-state index < -0.39 is 5.60 Å². The number of nitrogens with one attached hydrogen (secondary N) is 1. The summed E-state index contributed by atoms with van der Waals surface area (Å²) in [4.78, 5) is 14.2. The molecule has 4 nitrogen and oxygen atoms in total. The first-order valence-corrected chi connectivity index (χ1v) is 8.35. The molecule has 4 heteroatoms. The predicted octanol–water partition coefficient (Wildman–Crippen LogP) is 3.80. The van der Waals surface area contributed by atoms with Gasteiger partial charge in [-0.3, -0.25) is 0 Å². The molecule has 1 rings (SSSR count). The number of hydrogen-bond acceptors (Lipinski definition) is 3. The van der Waals surface area contributed by atoms with Crippen molar-refractivity contribution in [1.82, 2.24) is 10.2 Å². The lowest BCUT2D eigenvalue weighted by atomic mass is 9.90. The molecule has 0 aromatic carbocycles. The lowest BCUT2D eigenvalue weighted by molar-refractivity contribution is 0.00976. The fraction of sp³-hybridized carbons (Fsp3) is 0.941. The van der Waals surface area contributed by atoms with E-state index >= 15 is 0 Å². The molecule has 0 saturated carbocycles. The van der Waals surface area contributed by atoms with Gasteiger partial charge >= 0.3 is 6.09 Å². The van der Waals surface area contributed by atoms with E-state index in [-0.39, 0.29) is 12.1 Å². The third-order valence-corrected chi connectivity index (χ3v) is 4.20. The third kappa shape index (κ3) is 6.68. The van der Waals surface area contributed by atoms with Gasteiger partial charge in [-0.1, -0.05) is 20.8 Å². The summed E-state index contributed by atoms with van der Waals surface area (Å²) in [7, 11) is 0. The Hall–Kier alpha value is -0.770. The van der Waals surface area contributed by atoms with E-state index in [9.17, 15) is 4.79 Å². The van der Waals surface area contributed by atoms with Crippen molar-refractivity contribution in [3.63, 3.8) is 0 Å². The van der Waals surface area contributed by atoms with E-state index in [1.54, 1.807) is 0 Å². The van der Waals surface area contributed by atoms with E-state index in [0.29, 0.717) is 5.41 Å². The molecule has 1 atom stereocenters. The smallest absolute Gasteiger partial charge is 0.410 e. The zero-order valence-electron chi connectivity index (χ0n) is 14.8. The van der Waals surface area contributed by atoms with Crippen molar-refractivity contribution in [2.75, 3.05) is 19.6 Å². The van der Waals surface area contributed by atoms with Crippen LogP contribution in [-0.2, 0) is 4.74 Å². The van der Waals surface area contributed by atoms with Crippen LogP contribution in [0, 0.1) is 5.41 Å². The van der Waals surface area contributed by atoms with Gasteiger partial charge in [0.1, 0.15) is 5.60 Å². The quantitative estimate of drug-likeness (QED) is 0.839. The standard InChI is InChI=1S/C17H34N2O2/c1-7-17(5,6)13-18-12-14-10-8-9-11-19(14)15(20)21-16(2,3)4/h14,18H,7-13H2,1-6H3. The molecule has 1 aliphatic rings. The van der Waals surface area contributed by atoms with E-state index in [4.69, 9.17) is 4.74 Å². The monoisotopic (exact) mass is 298 g/mol. The van der Waals surface area contributed by atoms with Crippen LogP contribution >= 0.6 is 0 Å². The molecular weight excluding hydrogens is 264 g/mol. The van der Waals surface area contributed by atoms with Crippen molar-refractivity contribution >= 4 is 6.09 Å². The highest BCUT2D eigenvalue weighted by molar-refractivity contribution is 5.68. The van der Waals surface area contributed by atoms with Crippen molar-refractivity contribution < 1.29 is 9.53 Å². The van der Waals surface area contributed by atoms with Crippen LogP contribution in [0.5, 0.6) is 0 Å². The van der Waals surface area contributed by atoms with Crippen LogP contribution in [-0.4, -0.2) is 42.3 Å². The Morgan fingerprint density at radius 2 is 1.90 bits per heavy atom. The van der Waals surface area contributed by atoms with E-state index in [0.717, 1.165) is 38.9 Å². The summed E-state index contributed by atoms with van der Waals surface area (Å²) in [6, 6.07) is 0.265. The molecular formula is C17H34N2O2. The van der Waals surface area contributed by atoms with Crippen molar-refractivity contribution in [2.24, 2.45) is 5.41 Å². The fourth-order valence-electron chi connectivity index (χ4n) is 2.48. The van der Waals surface area contributed by atoms with Gasteiger partial charge in [-0.25, -0.2) is 4.79 Å². The van der Waals surface area contributed by atoms with Gasteiger partial charge in [-0.2, -0.15) is 0 Å². The van der Waals surface area contributed by atoms with Crippen LogP contribution < -0.4 is 5.32 Å². The Morgan fingerprint density at radius 3 is 2.48 bits per heavy atom. The second-order valence-electron chi connectivity index (χ2n) is 7.97. The molecule has 124 valence electrons. The molecule has 1 N–H and O–H groups in total. The topological polar surface area (TPSA) is 41.6 Å². The van der Waals surface area contributed by atoms with E-state index in [1.807, 2.05) is 25.7 Å². The molecule has 1 amide bonds. The Morgan fingerprint density at radius 1 is 1.24 bits per heavy atom. The molecule has 0 bridgehead atoms. The minimum atomic E-state index is -0.420. The normalized spacial score (nSPS) is 20.5. The molecule has 21 heavy (non-hydrogen) atoms.